The predicted molar refractivity (Wildman–Crippen MR) is 77.3 cm³/mol. The number of carboxylic acid groups (broad SMARTS) is 1. The highest BCUT2D eigenvalue weighted by Gasteiger charge is 2.26. The number of carboxylic acids is 1. The zero-order valence-corrected chi connectivity index (χ0v) is 12.3. The molecule has 1 aliphatic heterocycles. The first-order valence-electron chi connectivity index (χ1n) is 6.87. The molecule has 0 aromatic heterocycles. The molecule has 2 rings (SSSR count). The van der Waals surface area contributed by atoms with Crippen LogP contribution in [0.1, 0.15) is 22.3 Å². The molecule has 0 bridgehead atoms. The van der Waals surface area contributed by atoms with Crippen LogP contribution in [0, 0.1) is 0 Å². The summed E-state index contributed by atoms with van der Waals surface area (Å²) in [6.45, 7) is 1.72. The zero-order valence-electron chi connectivity index (χ0n) is 12.3. The van der Waals surface area contributed by atoms with Crippen molar-refractivity contribution >= 4 is 12.0 Å². The average molecular weight is 292 g/mol. The van der Waals surface area contributed by atoms with Crippen LogP contribution in [0.25, 0.3) is 0 Å². The number of aromatic carboxylic acids is 1. The molecule has 1 heterocycles. The molecule has 0 saturated carbocycles. The van der Waals surface area contributed by atoms with Gasteiger partial charge in [-0.25, -0.2) is 9.59 Å². The van der Waals surface area contributed by atoms with Gasteiger partial charge in [-0.1, -0.05) is 12.1 Å². The van der Waals surface area contributed by atoms with E-state index in [0.29, 0.717) is 19.8 Å². The maximum absolute atomic E-state index is 12.3. The summed E-state index contributed by atoms with van der Waals surface area (Å²) in [6, 6.07) is 6.62. The zero-order chi connectivity index (χ0) is 15.4. The van der Waals surface area contributed by atoms with E-state index in [1.165, 1.54) is 0 Å². The monoisotopic (exact) mass is 292 g/mol. The second-order valence-electron chi connectivity index (χ2n) is 5.27. The molecule has 21 heavy (non-hydrogen) atoms. The summed E-state index contributed by atoms with van der Waals surface area (Å²) in [6.07, 6.45) is 0.864. The topological polar surface area (TPSA) is 70.1 Å². The van der Waals surface area contributed by atoms with E-state index in [2.05, 4.69) is 0 Å². The minimum atomic E-state index is -0.952. The molecule has 2 amide bonds. The first-order chi connectivity index (χ1) is 9.99. The molecule has 1 aromatic rings. The van der Waals surface area contributed by atoms with Gasteiger partial charge in [0.25, 0.3) is 0 Å². The number of hydrogen-bond acceptors (Lipinski definition) is 3. The molecule has 0 spiro atoms. The van der Waals surface area contributed by atoms with Crippen LogP contribution in [0.4, 0.5) is 4.79 Å². The summed E-state index contributed by atoms with van der Waals surface area (Å²) >= 11 is 0. The number of nitrogens with zero attached hydrogens (tertiary/aromatic N) is 2. The molecule has 1 aromatic carbocycles. The highest BCUT2D eigenvalue weighted by Crippen LogP contribution is 2.14. The quantitative estimate of drug-likeness (QED) is 0.916. The number of amides is 2. The molecule has 1 atom stereocenters. The number of benzene rings is 1. The second kappa shape index (κ2) is 6.58. The van der Waals surface area contributed by atoms with Gasteiger partial charge in [-0.15, -0.1) is 0 Å². The predicted octanol–water partition coefficient (Wildman–Crippen LogP) is 1.66. The van der Waals surface area contributed by atoms with Crippen LogP contribution >= 0.6 is 0 Å². The lowest BCUT2D eigenvalue weighted by Crippen LogP contribution is -2.44. The molecule has 1 unspecified atom stereocenters. The molecule has 0 aliphatic carbocycles. The molecule has 1 aliphatic rings. The van der Waals surface area contributed by atoms with Crippen LogP contribution in [-0.4, -0.2) is 60.3 Å². The van der Waals surface area contributed by atoms with Gasteiger partial charge in [0.05, 0.1) is 18.2 Å². The number of likely N-dealkylation sites (N-methyl/N-ethyl adjacent to an activating group) is 1. The maximum atomic E-state index is 12.3. The fourth-order valence-corrected chi connectivity index (χ4v) is 2.35. The standard InChI is InChI=1S/C15H20N2O4/c1-16(15(20)17(2)13-7-8-21-10-13)9-11-3-5-12(6-4-11)14(18)19/h3-6,13H,7-10H2,1-2H3,(H,18,19). The molecule has 1 saturated heterocycles. The molecule has 114 valence electrons. The van der Waals surface area contributed by atoms with E-state index in [1.54, 1.807) is 48.2 Å². The number of ether oxygens (including phenoxy) is 1. The Morgan fingerprint density at radius 2 is 1.95 bits per heavy atom. The molecular weight excluding hydrogens is 272 g/mol. The number of urea groups is 1. The third kappa shape index (κ3) is 3.72. The van der Waals surface area contributed by atoms with Gasteiger partial charge in [-0.05, 0) is 24.1 Å². The van der Waals surface area contributed by atoms with Crippen LogP contribution in [0.3, 0.4) is 0 Å². The van der Waals surface area contributed by atoms with Crippen molar-refractivity contribution < 1.29 is 19.4 Å². The lowest BCUT2D eigenvalue weighted by Gasteiger charge is -2.28. The van der Waals surface area contributed by atoms with E-state index in [9.17, 15) is 9.59 Å². The Balaban J connectivity index is 1.94. The van der Waals surface area contributed by atoms with Crippen LogP contribution in [0.2, 0.25) is 0 Å². The smallest absolute Gasteiger partial charge is 0.335 e. The number of carbonyl (C=O) groups excluding carboxylic acids is 1. The molecule has 0 radical (unpaired) electrons. The first-order valence-corrected chi connectivity index (χ1v) is 6.87. The van der Waals surface area contributed by atoms with E-state index in [-0.39, 0.29) is 17.6 Å². The minimum Gasteiger partial charge on any atom is -0.478 e. The Hall–Kier alpha value is -2.08. The van der Waals surface area contributed by atoms with Crippen molar-refractivity contribution in [3.05, 3.63) is 35.4 Å². The van der Waals surface area contributed by atoms with E-state index in [1.807, 2.05) is 0 Å². The summed E-state index contributed by atoms with van der Waals surface area (Å²) in [4.78, 5) is 26.4. The van der Waals surface area contributed by atoms with Gasteiger partial charge in [-0.2, -0.15) is 0 Å². The van der Waals surface area contributed by atoms with Crippen LogP contribution in [0.15, 0.2) is 24.3 Å². The lowest BCUT2D eigenvalue weighted by atomic mass is 10.1. The summed E-state index contributed by atoms with van der Waals surface area (Å²) in [5, 5.41) is 8.86. The molecule has 6 heteroatoms. The Morgan fingerprint density at radius 3 is 2.48 bits per heavy atom. The van der Waals surface area contributed by atoms with Crippen molar-refractivity contribution in [3.8, 4) is 0 Å². The summed E-state index contributed by atoms with van der Waals surface area (Å²) in [5.74, 6) is -0.952. The van der Waals surface area contributed by atoms with Crippen LogP contribution in [0.5, 0.6) is 0 Å². The Labute approximate surface area is 123 Å². The lowest BCUT2D eigenvalue weighted by molar-refractivity contribution is 0.0696. The third-order valence-electron chi connectivity index (χ3n) is 3.70. The van der Waals surface area contributed by atoms with Crippen molar-refractivity contribution in [2.45, 2.75) is 19.0 Å². The van der Waals surface area contributed by atoms with Crippen molar-refractivity contribution in [1.29, 1.82) is 0 Å². The summed E-state index contributed by atoms with van der Waals surface area (Å²) in [7, 11) is 3.52. The van der Waals surface area contributed by atoms with Gasteiger partial charge < -0.3 is 19.6 Å². The van der Waals surface area contributed by atoms with E-state index < -0.39 is 5.97 Å². The average Bonchev–Trinajstić information content (AvgIpc) is 3.00. The van der Waals surface area contributed by atoms with Gasteiger partial charge >= 0.3 is 12.0 Å². The van der Waals surface area contributed by atoms with Gasteiger partial charge in [-0.3, -0.25) is 0 Å². The molecule has 1 N–H and O–H groups in total. The van der Waals surface area contributed by atoms with Crippen molar-refractivity contribution in [1.82, 2.24) is 9.80 Å². The third-order valence-corrected chi connectivity index (χ3v) is 3.70. The number of carbonyl (C=O) groups is 2. The summed E-state index contributed by atoms with van der Waals surface area (Å²) in [5.41, 5.74) is 1.14. The Kier molecular flexibility index (Phi) is 4.80. The van der Waals surface area contributed by atoms with Crippen molar-refractivity contribution in [3.63, 3.8) is 0 Å². The maximum Gasteiger partial charge on any atom is 0.335 e. The van der Waals surface area contributed by atoms with E-state index in [0.717, 1.165) is 12.0 Å². The molecular formula is C15H20N2O4. The molecule has 6 nitrogen and oxygen atoms in total. The summed E-state index contributed by atoms with van der Waals surface area (Å²) < 4.78 is 5.29. The normalized spacial score (nSPS) is 17.5. The van der Waals surface area contributed by atoms with Crippen LogP contribution < -0.4 is 0 Å². The first kappa shape index (κ1) is 15.3. The highest BCUT2D eigenvalue weighted by atomic mass is 16.5. The number of rotatable bonds is 4. The number of hydrogen-bond donors (Lipinski definition) is 1. The largest absolute Gasteiger partial charge is 0.478 e. The van der Waals surface area contributed by atoms with Crippen LogP contribution in [-0.2, 0) is 11.3 Å². The van der Waals surface area contributed by atoms with E-state index >= 15 is 0 Å². The van der Waals surface area contributed by atoms with Crippen molar-refractivity contribution in [2.24, 2.45) is 0 Å². The fraction of sp³-hybridized carbons (Fsp3) is 0.467. The van der Waals surface area contributed by atoms with Gasteiger partial charge in [0.1, 0.15) is 0 Å². The fourth-order valence-electron chi connectivity index (χ4n) is 2.35. The minimum absolute atomic E-state index is 0.0622. The SMILES string of the molecule is CN(Cc1ccc(C(=O)O)cc1)C(=O)N(C)C1CCOC1. The van der Waals surface area contributed by atoms with Crippen molar-refractivity contribution in [2.75, 3.05) is 27.3 Å². The van der Waals surface area contributed by atoms with E-state index in [4.69, 9.17) is 9.84 Å². The van der Waals surface area contributed by atoms with Gasteiger partial charge in [0, 0.05) is 27.2 Å². The Morgan fingerprint density at radius 1 is 1.29 bits per heavy atom. The van der Waals surface area contributed by atoms with Gasteiger partial charge in [0.2, 0.25) is 0 Å². The van der Waals surface area contributed by atoms with Gasteiger partial charge in [0.15, 0.2) is 0 Å². The Bertz CT molecular complexity index is 509. The highest BCUT2D eigenvalue weighted by molar-refractivity contribution is 5.87. The molecule has 1 fully saturated rings. The second-order valence-corrected chi connectivity index (χ2v) is 5.27.